The Kier molecular flexibility index (Phi) is 3.27. The lowest BCUT2D eigenvalue weighted by atomic mass is 10.1. The highest BCUT2D eigenvalue weighted by Gasteiger charge is 2.16. The lowest BCUT2D eigenvalue weighted by Gasteiger charge is -1.96. The van der Waals surface area contributed by atoms with Crippen LogP contribution < -0.4 is 0 Å². The van der Waals surface area contributed by atoms with Crippen LogP contribution in [0.25, 0.3) is 21.5 Å². The van der Waals surface area contributed by atoms with E-state index in [0.717, 1.165) is 0 Å². The van der Waals surface area contributed by atoms with E-state index in [1.54, 1.807) is 22.7 Å². The smallest absolute Gasteiger partial charge is 0.0796 e. The van der Waals surface area contributed by atoms with Gasteiger partial charge in [0.15, 0.2) is 0 Å². The first-order valence-corrected chi connectivity index (χ1v) is 9.04. The van der Waals surface area contributed by atoms with E-state index in [1.807, 2.05) is 0 Å². The van der Waals surface area contributed by atoms with Crippen molar-refractivity contribution < 1.29 is 0 Å². The molecule has 0 aliphatic heterocycles. The Bertz CT molecular complexity index is 649. The summed E-state index contributed by atoms with van der Waals surface area (Å²) in [5.74, 6) is 0. The van der Waals surface area contributed by atoms with Crippen molar-refractivity contribution in [2.24, 2.45) is 0 Å². The Hall–Kier alpha value is 1.06. The molecule has 1 aromatic carbocycles. The summed E-state index contributed by atoms with van der Waals surface area (Å²) in [7, 11) is 0. The van der Waals surface area contributed by atoms with Crippen molar-refractivity contribution in [3.63, 3.8) is 0 Å². The molecule has 0 aliphatic rings. The third-order valence-corrected chi connectivity index (χ3v) is 7.54. The van der Waals surface area contributed by atoms with Crippen LogP contribution in [-0.2, 0) is 0 Å². The molecule has 82 valence electrons. The Morgan fingerprint density at radius 3 is 1.38 bits per heavy atom. The van der Waals surface area contributed by atoms with Gasteiger partial charge in [-0.05, 0) is 63.7 Å². The molecule has 0 nitrogen and oxygen atoms in total. The van der Waals surface area contributed by atoms with Crippen LogP contribution in [0.2, 0.25) is 0 Å². The summed E-state index contributed by atoms with van der Waals surface area (Å²) in [4.78, 5) is 0. The lowest BCUT2D eigenvalue weighted by Crippen LogP contribution is -1.70. The van der Waals surface area contributed by atoms with Gasteiger partial charge in [-0.3, -0.25) is 0 Å². The van der Waals surface area contributed by atoms with Gasteiger partial charge in [0.25, 0.3) is 0 Å². The number of thiophene rings is 2. The Balaban J connectivity index is 2.67. The van der Waals surface area contributed by atoms with Crippen molar-refractivity contribution in [2.45, 2.75) is 0 Å². The lowest BCUT2D eigenvalue weighted by molar-refractivity contribution is 1.94. The topological polar surface area (TPSA) is 0 Å². The van der Waals surface area contributed by atoms with Crippen molar-refractivity contribution in [2.75, 3.05) is 0 Å². The van der Waals surface area contributed by atoms with E-state index >= 15 is 0 Å². The number of halogens is 4. The molecule has 3 aromatic rings. The van der Waals surface area contributed by atoms with Gasteiger partial charge in [-0.2, -0.15) is 0 Å². The first-order chi connectivity index (χ1) is 7.59. The summed E-state index contributed by atoms with van der Waals surface area (Å²) in [5, 5.41) is 5.08. The van der Waals surface area contributed by atoms with Crippen LogP contribution in [0.1, 0.15) is 0 Å². The number of benzene rings is 1. The summed E-state index contributed by atoms with van der Waals surface area (Å²) in [6.07, 6.45) is 0. The molecule has 0 unspecified atom stereocenters. The largest absolute Gasteiger partial charge is 0.120 e. The average Bonchev–Trinajstić information content (AvgIpc) is 2.67. The fourth-order valence-corrected chi connectivity index (χ4v) is 7.94. The molecule has 0 N–H and O–H groups in total. The van der Waals surface area contributed by atoms with Crippen LogP contribution in [0.3, 0.4) is 0 Å². The molecule has 2 heterocycles. The Labute approximate surface area is 134 Å². The zero-order chi connectivity index (χ0) is 11.4. The Morgan fingerprint density at radius 1 is 0.625 bits per heavy atom. The summed E-state index contributed by atoms with van der Waals surface area (Å²) in [5.41, 5.74) is 0. The zero-order valence-corrected chi connectivity index (χ0v) is 15.5. The molecule has 16 heavy (non-hydrogen) atoms. The number of hydrogen-bond donors (Lipinski definition) is 0. The minimum atomic E-state index is 1.17. The molecule has 0 amide bonds. The van der Waals surface area contributed by atoms with E-state index in [0.29, 0.717) is 0 Å². The van der Waals surface area contributed by atoms with E-state index < -0.39 is 0 Å². The summed E-state index contributed by atoms with van der Waals surface area (Å²) < 4.78 is 4.69. The highest BCUT2D eigenvalue weighted by atomic mass is 79.9. The highest BCUT2D eigenvalue weighted by molar-refractivity contribution is 9.12. The van der Waals surface area contributed by atoms with Gasteiger partial charge in [0.2, 0.25) is 0 Å². The van der Waals surface area contributed by atoms with Crippen LogP contribution in [0, 0.1) is 0 Å². The molecule has 6 heteroatoms. The van der Waals surface area contributed by atoms with Crippen molar-refractivity contribution in [1.29, 1.82) is 0 Å². The highest BCUT2D eigenvalue weighted by Crippen LogP contribution is 2.48. The van der Waals surface area contributed by atoms with Crippen LogP contribution in [0.5, 0.6) is 0 Å². The van der Waals surface area contributed by atoms with E-state index in [2.05, 4.69) is 75.9 Å². The van der Waals surface area contributed by atoms with E-state index in [1.165, 1.54) is 36.7 Å². The maximum Gasteiger partial charge on any atom is 0.0796 e. The Morgan fingerprint density at radius 2 is 1.00 bits per heavy atom. The van der Waals surface area contributed by atoms with E-state index in [9.17, 15) is 0 Å². The van der Waals surface area contributed by atoms with Gasteiger partial charge in [0, 0.05) is 21.5 Å². The fraction of sp³-hybridized carbons (Fsp3) is 0. The molecule has 0 bridgehead atoms. The zero-order valence-electron chi connectivity index (χ0n) is 7.48. The molecule has 2 aromatic heterocycles. The van der Waals surface area contributed by atoms with Gasteiger partial charge in [-0.15, -0.1) is 22.7 Å². The van der Waals surface area contributed by atoms with Crippen LogP contribution in [0.15, 0.2) is 27.3 Å². The molecule has 0 atom stereocenters. The third kappa shape index (κ3) is 1.68. The maximum atomic E-state index is 3.64. The molecular formula is C10H2Br4S2. The average molecular weight is 506 g/mol. The van der Waals surface area contributed by atoms with Crippen LogP contribution in [-0.4, -0.2) is 0 Å². The van der Waals surface area contributed by atoms with Crippen LogP contribution in [0.4, 0.5) is 0 Å². The molecule has 0 saturated carbocycles. The van der Waals surface area contributed by atoms with Gasteiger partial charge >= 0.3 is 0 Å². The molecule has 0 fully saturated rings. The second-order valence-electron chi connectivity index (χ2n) is 3.21. The predicted molar refractivity (Wildman–Crippen MR) is 88.0 cm³/mol. The van der Waals surface area contributed by atoms with Gasteiger partial charge in [-0.1, -0.05) is 12.1 Å². The van der Waals surface area contributed by atoms with Gasteiger partial charge in [0.05, 0.1) is 15.1 Å². The molecule has 0 spiro atoms. The second-order valence-corrected chi connectivity index (χ2v) is 10.5. The summed E-state index contributed by atoms with van der Waals surface area (Å²) in [6, 6.07) is 4.32. The molecule has 3 rings (SSSR count). The first kappa shape index (κ1) is 12.1. The third-order valence-electron chi connectivity index (χ3n) is 2.38. The monoisotopic (exact) mass is 502 g/mol. The number of hydrogen-bond acceptors (Lipinski definition) is 2. The normalized spacial score (nSPS) is 11.8. The second kappa shape index (κ2) is 4.31. The summed E-state index contributed by atoms with van der Waals surface area (Å²) in [6.45, 7) is 0. The maximum absolute atomic E-state index is 3.64. The van der Waals surface area contributed by atoms with E-state index in [4.69, 9.17) is 0 Å². The molecule has 0 radical (unpaired) electrons. The van der Waals surface area contributed by atoms with Crippen molar-refractivity contribution in [1.82, 2.24) is 0 Å². The standard InChI is InChI=1S/C10H2Br4S2/c11-7-3-1-2-4-6(5(3)9(13)15-7)10(14)16-8(4)12/h1-2H. The SMILES string of the molecule is Brc1sc(Br)c2c1ccc1c(Br)sc(Br)c12. The van der Waals surface area contributed by atoms with Gasteiger partial charge < -0.3 is 0 Å². The molecule has 0 saturated heterocycles. The summed E-state index contributed by atoms with van der Waals surface area (Å²) >= 11 is 17.9. The van der Waals surface area contributed by atoms with Gasteiger partial charge in [0.1, 0.15) is 0 Å². The van der Waals surface area contributed by atoms with Crippen molar-refractivity contribution in [3.05, 3.63) is 27.3 Å². The van der Waals surface area contributed by atoms with Crippen molar-refractivity contribution >= 4 is 108 Å². The van der Waals surface area contributed by atoms with Gasteiger partial charge in [-0.25, -0.2) is 0 Å². The number of rotatable bonds is 0. The minimum absolute atomic E-state index is 1.17. The molecular weight excluding hydrogens is 504 g/mol. The quantitative estimate of drug-likeness (QED) is 0.304. The molecule has 0 aliphatic carbocycles. The first-order valence-electron chi connectivity index (χ1n) is 4.23. The van der Waals surface area contributed by atoms with Crippen molar-refractivity contribution in [3.8, 4) is 0 Å². The van der Waals surface area contributed by atoms with E-state index in [-0.39, 0.29) is 0 Å². The van der Waals surface area contributed by atoms with Crippen LogP contribution >= 0.6 is 86.4 Å². The fourth-order valence-electron chi connectivity index (χ4n) is 1.71. The minimum Gasteiger partial charge on any atom is -0.120 e. The predicted octanol–water partition coefficient (Wildman–Crippen LogP) is 7.17. The number of fused-ring (bicyclic) bond motifs is 3.